The number of imide groups is 1. The van der Waals surface area contributed by atoms with Gasteiger partial charge in [0.1, 0.15) is 17.4 Å². The van der Waals surface area contributed by atoms with Crippen molar-refractivity contribution in [1.82, 2.24) is 4.90 Å². The van der Waals surface area contributed by atoms with Gasteiger partial charge in [-0.2, -0.15) is 5.26 Å². The molecule has 1 aromatic rings. The summed E-state index contributed by atoms with van der Waals surface area (Å²) in [7, 11) is -3.30. The maximum Gasteiger partial charge on any atom is 0.271 e. The summed E-state index contributed by atoms with van der Waals surface area (Å²) < 4.78 is 29.3. The van der Waals surface area contributed by atoms with Crippen LogP contribution in [0.3, 0.4) is 0 Å². The van der Waals surface area contributed by atoms with Gasteiger partial charge in [-0.15, -0.1) is 0 Å². The van der Waals surface area contributed by atoms with Crippen LogP contribution in [0.4, 0.5) is 0 Å². The lowest BCUT2D eigenvalue weighted by Crippen LogP contribution is -2.49. The smallest absolute Gasteiger partial charge is 0.271 e. The fraction of sp³-hybridized carbons (Fsp3) is 0.350. The minimum Gasteiger partial charge on any atom is -0.493 e. The van der Waals surface area contributed by atoms with E-state index in [4.69, 9.17) is 4.74 Å². The van der Waals surface area contributed by atoms with Gasteiger partial charge in [0.25, 0.3) is 11.8 Å². The van der Waals surface area contributed by atoms with Crippen LogP contribution in [0, 0.1) is 11.3 Å². The zero-order valence-electron chi connectivity index (χ0n) is 15.6. The van der Waals surface area contributed by atoms with Crippen molar-refractivity contribution in [3.8, 4) is 11.8 Å². The molecule has 0 N–H and O–H groups in total. The molecule has 3 rings (SSSR count). The van der Waals surface area contributed by atoms with Crippen molar-refractivity contribution in [2.75, 3.05) is 18.1 Å². The Hall–Kier alpha value is -2.92. The molecule has 8 heteroatoms. The summed E-state index contributed by atoms with van der Waals surface area (Å²) in [4.78, 5) is 26.8. The van der Waals surface area contributed by atoms with Gasteiger partial charge in [-0.25, -0.2) is 8.42 Å². The molecule has 0 aliphatic carbocycles. The average molecular weight is 400 g/mol. The van der Waals surface area contributed by atoms with Crippen molar-refractivity contribution < 1.29 is 22.7 Å². The minimum atomic E-state index is -3.30. The molecule has 1 saturated heterocycles. The highest BCUT2D eigenvalue weighted by molar-refractivity contribution is 7.91. The fourth-order valence-electron chi connectivity index (χ4n) is 3.45. The van der Waals surface area contributed by atoms with Gasteiger partial charge in [0.05, 0.1) is 24.2 Å². The largest absolute Gasteiger partial charge is 0.493 e. The number of benzene rings is 1. The fourth-order valence-corrected chi connectivity index (χ4v) is 5.15. The zero-order valence-corrected chi connectivity index (χ0v) is 16.5. The maximum absolute atomic E-state index is 13.1. The van der Waals surface area contributed by atoms with Gasteiger partial charge >= 0.3 is 0 Å². The van der Waals surface area contributed by atoms with E-state index in [9.17, 15) is 23.3 Å². The molecule has 1 atom stereocenters. The number of ether oxygens (including phenoxy) is 1. The predicted octanol–water partition coefficient (Wildman–Crippen LogP) is 1.86. The Morgan fingerprint density at radius 1 is 1.29 bits per heavy atom. The molecule has 2 aliphatic heterocycles. The number of hydrogen-bond donors (Lipinski definition) is 0. The number of nitrogens with zero attached hydrogens (tertiary/aromatic N) is 2. The van der Waals surface area contributed by atoms with E-state index in [1.807, 2.05) is 13.0 Å². The molecule has 28 heavy (non-hydrogen) atoms. The molecule has 146 valence electrons. The van der Waals surface area contributed by atoms with Crippen LogP contribution in [0.1, 0.15) is 25.8 Å². The number of rotatable bonds is 4. The van der Waals surface area contributed by atoms with Crippen molar-refractivity contribution in [3.63, 3.8) is 0 Å². The third kappa shape index (κ3) is 3.58. The van der Waals surface area contributed by atoms with Gasteiger partial charge in [0, 0.05) is 11.1 Å². The quantitative estimate of drug-likeness (QED) is 0.564. The molecule has 0 bridgehead atoms. The van der Waals surface area contributed by atoms with Gasteiger partial charge in [0.2, 0.25) is 0 Å². The molecule has 2 amide bonds. The first-order chi connectivity index (χ1) is 13.3. The highest BCUT2D eigenvalue weighted by Gasteiger charge is 2.43. The van der Waals surface area contributed by atoms with Gasteiger partial charge < -0.3 is 4.74 Å². The van der Waals surface area contributed by atoms with E-state index in [2.05, 4.69) is 0 Å². The van der Waals surface area contributed by atoms with E-state index in [1.54, 1.807) is 37.3 Å². The molecule has 7 nitrogen and oxygen atoms in total. The summed E-state index contributed by atoms with van der Waals surface area (Å²) in [6.45, 7) is 3.83. The summed E-state index contributed by atoms with van der Waals surface area (Å²) in [5.74, 6) is -1.10. The average Bonchev–Trinajstić information content (AvgIpc) is 3.00. The molecule has 1 fully saturated rings. The molecular formula is C20H20N2O5S. The van der Waals surface area contributed by atoms with E-state index < -0.39 is 27.7 Å². The SMILES string of the molecule is CCOc1ccccc1C=C1C(=O)N(C2CCS(=O)(=O)C2)C(=O)C(C#N)=C1C. The number of nitriles is 1. The van der Waals surface area contributed by atoms with Crippen molar-refractivity contribution in [1.29, 1.82) is 5.26 Å². The first kappa shape index (κ1) is 19.8. The standard InChI is InChI=1S/C20H20N2O5S/c1-3-27-18-7-5-4-6-14(18)10-16-13(2)17(11-21)20(24)22(19(16)23)15-8-9-28(25,26)12-15/h4-7,10,15H,3,8-9,12H2,1-2H3. The monoisotopic (exact) mass is 400 g/mol. The molecule has 2 heterocycles. The van der Waals surface area contributed by atoms with E-state index >= 15 is 0 Å². The van der Waals surface area contributed by atoms with Gasteiger partial charge in [-0.05, 0) is 38.0 Å². The third-order valence-electron chi connectivity index (χ3n) is 4.86. The summed E-state index contributed by atoms with van der Waals surface area (Å²) >= 11 is 0. The lowest BCUT2D eigenvalue weighted by atomic mass is 9.92. The topological polar surface area (TPSA) is 105 Å². The molecule has 0 aromatic heterocycles. The van der Waals surface area contributed by atoms with Crippen LogP contribution in [0.2, 0.25) is 0 Å². The summed E-state index contributed by atoms with van der Waals surface area (Å²) in [5.41, 5.74) is 0.954. The molecule has 0 radical (unpaired) electrons. The first-order valence-corrected chi connectivity index (χ1v) is 10.7. The van der Waals surface area contributed by atoms with Gasteiger partial charge in [-0.3, -0.25) is 14.5 Å². The number of sulfone groups is 1. The van der Waals surface area contributed by atoms with Gasteiger partial charge in [-0.1, -0.05) is 18.2 Å². The number of carbonyl (C=O) groups is 2. The lowest BCUT2D eigenvalue weighted by molar-refractivity contribution is -0.142. The number of carbonyl (C=O) groups excluding carboxylic acids is 2. The van der Waals surface area contributed by atoms with Crippen molar-refractivity contribution in [3.05, 3.63) is 46.5 Å². The number of hydrogen-bond acceptors (Lipinski definition) is 6. The minimum absolute atomic E-state index is 0.0778. The Balaban J connectivity index is 2.11. The molecule has 1 aromatic carbocycles. The molecule has 1 unspecified atom stereocenters. The zero-order chi connectivity index (χ0) is 20.5. The molecule has 0 saturated carbocycles. The third-order valence-corrected chi connectivity index (χ3v) is 6.62. The second kappa shape index (κ2) is 7.60. The van der Waals surface area contributed by atoms with Crippen LogP contribution < -0.4 is 4.74 Å². The summed E-state index contributed by atoms with van der Waals surface area (Å²) in [5, 5.41) is 9.47. The normalized spacial score (nSPS) is 23.2. The Morgan fingerprint density at radius 2 is 2.00 bits per heavy atom. The number of para-hydroxylation sites is 1. The molecular weight excluding hydrogens is 380 g/mol. The number of amides is 2. The van der Waals surface area contributed by atoms with Crippen LogP contribution in [0.5, 0.6) is 5.75 Å². The van der Waals surface area contributed by atoms with Crippen LogP contribution in [-0.4, -0.2) is 49.3 Å². The van der Waals surface area contributed by atoms with Crippen LogP contribution in [0.25, 0.3) is 6.08 Å². The molecule has 2 aliphatic rings. The second-order valence-corrected chi connectivity index (χ2v) is 8.91. The maximum atomic E-state index is 13.1. The molecule has 0 spiro atoms. The van der Waals surface area contributed by atoms with Crippen molar-refractivity contribution in [2.45, 2.75) is 26.3 Å². The van der Waals surface area contributed by atoms with Crippen LogP contribution in [0.15, 0.2) is 41.0 Å². The van der Waals surface area contributed by atoms with E-state index in [1.165, 1.54) is 0 Å². The second-order valence-electron chi connectivity index (χ2n) is 6.68. The van der Waals surface area contributed by atoms with Crippen molar-refractivity contribution >= 4 is 27.7 Å². The summed E-state index contributed by atoms with van der Waals surface area (Å²) in [6.07, 6.45) is 1.77. The van der Waals surface area contributed by atoms with E-state index in [0.29, 0.717) is 17.9 Å². The van der Waals surface area contributed by atoms with E-state index in [0.717, 1.165) is 4.90 Å². The van der Waals surface area contributed by atoms with E-state index in [-0.39, 0.29) is 34.6 Å². The van der Waals surface area contributed by atoms with Crippen LogP contribution >= 0.6 is 0 Å². The summed E-state index contributed by atoms with van der Waals surface area (Å²) in [6, 6.07) is 8.24. The Kier molecular flexibility index (Phi) is 5.38. The van der Waals surface area contributed by atoms with Gasteiger partial charge in [0.15, 0.2) is 9.84 Å². The Labute approximate surface area is 163 Å². The predicted molar refractivity (Wildman–Crippen MR) is 103 cm³/mol. The highest BCUT2D eigenvalue weighted by Crippen LogP contribution is 2.32. The first-order valence-electron chi connectivity index (χ1n) is 8.92. The lowest BCUT2D eigenvalue weighted by Gasteiger charge is -2.31. The van der Waals surface area contributed by atoms with Crippen LogP contribution in [-0.2, 0) is 19.4 Å². The van der Waals surface area contributed by atoms with Crippen molar-refractivity contribution in [2.24, 2.45) is 0 Å². The highest BCUT2D eigenvalue weighted by atomic mass is 32.2. The Morgan fingerprint density at radius 3 is 2.61 bits per heavy atom. The Bertz CT molecular complexity index is 1050.